The molecule has 0 bridgehead atoms. The second kappa shape index (κ2) is 17.0. The van der Waals surface area contributed by atoms with Crippen LogP contribution >= 0.6 is 0 Å². The molecule has 3 unspecified atom stereocenters. The molecule has 3 aliphatic rings. The minimum absolute atomic E-state index is 0.00941. The number of epoxide rings is 1. The highest BCUT2D eigenvalue weighted by Gasteiger charge is 2.46. The van der Waals surface area contributed by atoms with E-state index in [0.717, 1.165) is 46.8 Å². The third kappa shape index (κ3) is 8.66. The van der Waals surface area contributed by atoms with Crippen LogP contribution in [0.1, 0.15) is 56.7 Å². The van der Waals surface area contributed by atoms with Gasteiger partial charge in [0.1, 0.15) is 36.5 Å². The molecule has 14 nitrogen and oxygen atoms in total. The zero-order valence-electron chi connectivity index (χ0n) is 31.0. The third-order valence-corrected chi connectivity index (χ3v) is 9.82. The lowest BCUT2D eigenvalue weighted by Gasteiger charge is -2.27. The fourth-order valence-corrected chi connectivity index (χ4v) is 6.91. The van der Waals surface area contributed by atoms with Crippen molar-refractivity contribution in [2.24, 2.45) is 0 Å². The zero-order chi connectivity index (χ0) is 39.2. The van der Waals surface area contributed by atoms with Crippen LogP contribution in [-0.2, 0) is 38.5 Å². The van der Waals surface area contributed by atoms with Crippen molar-refractivity contribution in [1.82, 2.24) is 15.5 Å². The number of hydrogen-bond donors (Lipinski definition) is 3. The third-order valence-electron chi connectivity index (χ3n) is 9.82. The molecule has 14 heteroatoms. The number of carbonyl (C=O) groups is 5. The number of imide groups is 2. The number of aryl methyl sites for hydroxylation is 2. The van der Waals surface area contributed by atoms with Crippen LogP contribution in [0.15, 0.2) is 84.9 Å². The maximum Gasteiger partial charge on any atom is 0.266 e. The Kier molecular flexibility index (Phi) is 11.6. The normalized spacial score (nSPS) is 18.6. The molecule has 0 radical (unpaired) electrons. The quantitative estimate of drug-likeness (QED) is 0.104. The summed E-state index contributed by atoms with van der Waals surface area (Å²) < 4.78 is 28.5. The first kappa shape index (κ1) is 38.0. The lowest BCUT2D eigenvalue weighted by Crippen LogP contribution is -2.54. The Bertz CT molecular complexity index is 2160. The molecule has 3 aliphatic heterocycles. The van der Waals surface area contributed by atoms with Crippen LogP contribution in [-0.4, -0.2) is 80.2 Å². The van der Waals surface area contributed by atoms with E-state index < -0.39 is 42.2 Å². The van der Waals surface area contributed by atoms with Crippen molar-refractivity contribution in [3.05, 3.63) is 113 Å². The van der Waals surface area contributed by atoms with Gasteiger partial charge in [-0.3, -0.25) is 39.5 Å². The summed E-state index contributed by atoms with van der Waals surface area (Å²) in [6, 6.07) is 24.7. The maximum absolute atomic E-state index is 13.3. The molecule has 56 heavy (non-hydrogen) atoms. The summed E-state index contributed by atoms with van der Waals surface area (Å²) in [4.78, 5) is 64.2. The number of para-hydroxylation sites is 1. The summed E-state index contributed by atoms with van der Waals surface area (Å²) in [6.07, 6.45) is 2.45. The van der Waals surface area contributed by atoms with Crippen LogP contribution in [0.25, 0.3) is 0 Å². The van der Waals surface area contributed by atoms with Crippen molar-refractivity contribution >= 4 is 35.2 Å². The fourth-order valence-electron chi connectivity index (χ4n) is 6.91. The number of anilines is 1. The van der Waals surface area contributed by atoms with Gasteiger partial charge in [-0.25, -0.2) is 0 Å². The molecule has 2 fully saturated rings. The molecule has 0 spiro atoms. The van der Waals surface area contributed by atoms with Crippen molar-refractivity contribution in [3.63, 3.8) is 0 Å². The molecular formula is C42H42N4O10. The van der Waals surface area contributed by atoms with E-state index in [1.807, 2.05) is 48.5 Å². The van der Waals surface area contributed by atoms with Gasteiger partial charge in [0.15, 0.2) is 18.1 Å². The van der Waals surface area contributed by atoms with E-state index in [2.05, 4.69) is 28.1 Å². The predicted molar refractivity (Wildman–Crippen MR) is 203 cm³/mol. The minimum Gasteiger partial charge on any atom is -0.493 e. The molecule has 290 valence electrons. The average Bonchev–Trinajstić information content (AvgIpc) is 3.92. The van der Waals surface area contributed by atoms with Crippen LogP contribution in [0.4, 0.5) is 5.69 Å². The molecule has 3 atom stereocenters. The number of piperidine rings is 1. The van der Waals surface area contributed by atoms with E-state index in [9.17, 15) is 24.0 Å². The summed E-state index contributed by atoms with van der Waals surface area (Å²) in [5.41, 5.74) is 3.81. The van der Waals surface area contributed by atoms with Crippen LogP contribution in [0.5, 0.6) is 23.0 Å². The Morgan fingerprint density at radius 3 is 2.45 bits per heavy atom. The first-order valence-corrected chi connectivity index (χ1v) is 18.4. The number of ether oxygens (including phenoxy) is 5. The lowest BCUT2D eigenvalue weighted by molar-refractivity contribution is -0.136. The topological polar surface area (TPSA) is 174 Å². The van der Waals surface area contributed by atoms with Gasteiger partial charge in [-0.15, -0.1) is 0 Å². The molecular weight excluding hydrogens is 720 g/mol. The van der Waals surface area contributed by atoms with Gasteiger partial charge in [-0.1, -0.05) is 42.5 Å². The number of benzene rings is 4. The molecule has 5 amide bonds. The SMILES string of the molecule is COc1ccc(CCCc2ccccc2OCC2OC2NCc2cccc(NC(=O)COc3cccc4c3C(=O)N(C3CCC(=O)NC3=O)C4=O)c2)cc1OC. The van der Waals surface area contributed by atoms with Gasteiger partial charge >= 0.3 is 0 Å². The van der Waals surface area contributed by atoms with E-state index in [1.54, 1.807) is 20.3 Å². The number of hydrogen-bond acceptors (Lipinski definition) is 11. The van der Waals surface area contributed by atoms with Crippen LogP contribution in [0.2, 0.25) is 0 Å². The van der Waals surface area contributed by atoms with Crippen molar-refractivity contribution < 1.29 is 47.7 Å². The average molecular weight is 763 g/mol. The first-order valence-electron chi connectivity index (χ1n) is 18.4. The van der Waals surface area contributed by atoms with Crippen LogP contribution in [0, 0.1) is 0 Å². The minimum atomic E-state index is -1.11. The monoisotopic (exact) mass is 762 g/mol. The Morgan fingerprint density at radius 1 is 0.821 bits per heavy atom. The summed E-state index contributed by atoms with van der Waals surface area (Å²) in [7, 11) is 3.26. The fraction of sp³-hybridized carbons (Fsp3) is 0.310. The van der Waals surface area contributed by atoms with Crippen LogP contribution in [0.3, 0.4) is 0 Å². The van der Waals surface area contributed by atoms with E-state index >= 15 is 0 Å². The lowest BCUT2D eigenvalue weighted by atomic mass is 10.0. The molecule has 0 saturated carbocycles. The number of fused-ring (bicyclic) bond motifs is 1. The summed E-state index contributed by atoms with van der Waals surface area (Å²) in [6.45, 7) is 0.460. The van der Waals surface area contributed by atoms with Gasteiger partial charge in [-0.05, 0) is 84.8 Å². The Labute approximate surface area is 323 Å². The second-order valence-corrected chi connectivity index (χ2v) is 13.6. The van der Waals surface area contributed by atoms with Crippen LogP contribution < -0.4 is 34.9 Å². The molecule has 0 aliphatic carbocycles. The van der Waals surface area contributed by atoms with E-state index in [4.69, 9.17) is 23.7 Å². The van der Waals surface area contributed by atoms with Gasteiger partial charge in [0.2, 0.25) is 11.8 Å². The number of nitrogens with zero attached hydrogens (tertiary/aromatic N) is 1. The highest BCUT2D eigenvalue weighted by atomic mass is 16.6. The molecule has 7 rings (SSSR count). The number of carbonyl (C=O) groups excluding carboxylic acids is 5. The number of amides is 5. The van der Waals surface area contributed by atoms with Crippen molar-refractivity contribution in [2.75, 3.05) is 32.8 Å². The zero-order valence-corrected chi connectivity index (χ0v) is 31.0. The van der Waals surface area contributed by atoms with Gasteiger partial charge in [-0.2, -0.15) is 0 Å². The molecule has 4 aromatic carbocycles. The summed E-state index contributed by atoms with van der Waals surface area (Å²) in [5, 5.41) is 8.34. The van der Waals surface area contributed by atoms with Crippen molar-refractivity contribution in [2.45, 2.75) is 57.0 Å². The van der Waals surface area contributed by atoms with E-state index in [-0.39, 0.29) is 42.0 Å². The van der Waals surface area contributed by atoms with Gasteiger partial charge in [0, 0.05) is 18.7 Å². The summed E-state index contributed by atoms with van der Waals surface area (Å²) >= 11 is 0. The van der Waals surface area contributed by atoms with Gasteiger partial charge in [0.25, 0.3) is 17.7 Å². The van der Waals surface area contributed by atoms with Crippen molar-refractivity contribution in [3.8, 4) is 23.0 Å². The molecule has 3 N–H and O–H groups in total. The Hall–Kier alpha value is -6.25. The maximum atomic E-state index is 13.3. The molecule has 2 saturated heterocycles. The summed E-state index contributed by atoms with van der Waals surface area (Å²) in [5.74, 6) is -0.697. The Balaban J connectivity index is 0.851. The highest BCUT2D eigenvalue weighted by Crippen LogP contribution is 2.34. The largest absolute Gasteiger partial charge is 0.493 e. The molecule has 3 heterocycles. The number of rotatable bonds is 17. The van der Waals surface area contributed by atoms with E-state index in [1.165, 1.54) is 23.8 Å². The second-order valence-electron chi connectivity index (χ2n) is 13.6. The number of methoxy groups -OCH3 is 2. The van der Waals surface area contributed by atoms with Gasteiger partial charge in [0.05, 0.1) is 25.3 Å². The highest BCUT2D eigenvalue weighted by molar-refractivity contribution is 6.24. The number of nitrogens with one attached hydrogen (secondary N) is 3. The van der Waals surface area contributed by atoms with Gasteiger partial charge < -0.3 is 29.0 Å². The smallest absolute Gasteiger partial charge is 0.266 e. The predicted octanol–water partition coefficient (Wildman–Crippen LogP) is 4.19. The molecule has 0 aromatic heterocycles. The molecule has 4 aromatic rings. The Morgan fingerprint density at radius 2 is 1.62 bits per heavy atom. The van der Waals surface area contributed by atoms with Crippen molar-refractivity contribution in [1.29, 1.82) is 0 Å². The standard InChI is InChI=1S/C42H42N4O10/c1-52-32-18-16-25(21-34(32)53-2)8-5-11-27-10-3-4-14-31(27)54-23-35-40(56-35)43-22-26-9-6-12-28(20-26)44-37(48)24-55-33-15-7-13-29-38(33)42(51)46(41(29)50)30-17-19-36(47)45-39(30)49/h3-4,6-7,9-10,12-16,18,20-21,30,35,40,43H,5,8,11,17,19,22-24H2,1-2H3,(H,44,48)(H,45,47,49). The first-order chi connectivity index (χ1) is 27.2. The van der Waals surface area contributed by atoms with E-state index in [0.29, 0.717) is 24.6 Å².